The van der Waals surface area contributed by atoms with E-state index in [1.54, 1.807) is 0 Å². The lowest BCUT2D eigenvalue weighted by molar-refractivity contribution is 0.556. The Morgan fingerprint density at radius 1 is 0.875 bits per heavy atom. The Morgan fingerprint density at radius 3 is 2.12 bits per heavy atom. The maximum absolute atomic E-state index is 4.54. The molecular formula is C13H21IN2. The summed E-state index contributed by atoms with van der Waals surface area (Å²) in [6, 6.07) is 0. The van der Waals surface area contributed by atoms with E-state index in [1.807, 2.05) is 6.33 Å². The van der Waals surface area contributed by atoms with Crippen molar-refractivity contribution in [1.82, 2.24) is 7.76 Å². The van der Waals surface area contributed by atoms with Crippen LogP contribution in [-0.2, 0) is 12.8 Å². The number of fused-ring (bicyclic) bond motifs is 1. The zero-order valence-corrected chi connectivity index (χ0v) is 12.1. The lowest BCUT2D eigenvalue weighted by atomic mass is 10.0. The van der Waals surface area contributed by atoms with Gasteiger partial charge in [0.15, 0.2) is 0 Å². The van der Waals surface area contributed by atoms with Gasteiger partial charge < -0.3 is 0 Å². The Kier molecular flexibility index (Phi) is 5.13. The van der Waals surface area contributed by atoms with Crippen LogP contribution >= 0.6 is 22.9 Å². The summed E-state index contributed by atoms with van der Waals surface area (Å²) >= 11 is 2.36. The minimum absolute atomic E-state index is 1.19. The molecule has 16 heavy (non-hydrogen) atoms. The van der Waals surface area contributed by atoms with Crippen molar-refractivity contribution in [3.63, 3.8) is 0 Å². The fraction of sp³-hybridized carbons (Fsp3) is 0.769. The normalized spacial score (nSPS) is 19.6. The first kappa shape index (κ1) is 12.4. The highest BCUT2D eigenvalue weighted by molar-refractivity contribution is 14.1. The summed E-state index contributed by atoms with van der Waals surface area (Å²) in [6.07, 6.45) is 15.5. The summed E-state index contributed by atoms with van der Waals surface area (Å²) in [6.45, 7) is 0. The van der Waals surface area contributed by atoms with Crippen LogP contribution in [-0.4, -0.2) is 7.76 Å². The van der Waals surface area contributed by atoms with Gasteiger partial charge in [-0.2, -0.15) is 0 Å². The molecular weight excluding hydrogens is 311 g/mol. The molecule has 0 bridgehead atoms. The highest BCUT2D eigenvalue weighted by Crippen LogP contribution is 2.19. The van der Waals surface area contributed by atoms with Crippen molar-refractivity contribution in [2.45, 2.75) is 64.2 Å². The highest BCUT2D eigenvalue weighted by atomic mass is 127. The van der Waals surface area contributed by atoms with E-state index in [2.05, 4.69) is 30.6 Å². The van der Waals surface area contributed by atoms with Crippen LogP contribution in [0.1, 0.15) is 62.8 Å². The van der Waals surface area contributed by atoms with E-state index in [9.17, 15) is 0 Å². The molecule has 0 amide bonds. The zero-order chi connectivity index (χ0) is 11.2. The number of nitrogens with zero attached hydrogens (tertiary/aromatic N) is 2. The van der Waals surface area contributed by atoms with Gasteiger partial charge >= 0.3 is 0 Å². The smallest absolute Gasteiger partial charge is 0.104 e. The summed E-state index contributed by atoms with van der Waals surface area (Å²) in [5.41, 5.74) is 2.83. The van der Waals surface area contributed by atoms with Gasteiger partial charge in [-0.15, -0.1) is 0 Å². The van der Waals surface area contributed by atoms with Crippen LogP contribution in [0, 0.1) is 0 Å². The Bertz CT molecular complexity index is 320. The van der Waals surface area contributed by atoms with Crippen molar-refractivity contribution in [2.75, 3.05) is 0 Å². The van der Waals surface area contributed by atoms with Crippen LogP contribution in [0.5, 0.6) is 0 Å². The fourth-order valence-corrected chi connectivity index (χ4v) is 3.14. The van der Waals surface area contributed by atoms with Gasteiger partial charge in [-0.05, 0) is 25.7 Å². The quantitative estimate of drug-likeness (QED) is 0.648. The zero-order valence-electron chi connectivity index (χ0n) is 9.92. The Labute approximate surface area is 112 Å². The van der Waals surface area contributed by atoms with Crippen molar-refractivity contribution in [1.29, 1.82) is 0 Å². The third-order valence-corrected chi connectivity index (χ3v) is 4.31. The van der Waals surface area contributed by atoms with Crippen LogP contribution in [0.25, 0.3) is 0 Å². The lowest BCUT2D eigenvalue weighted by Gasteiger charge is -2.08. The third-order valence-electron chi connectivity index (χ3n) is 3.48. The molecule has 0 atom stereocenters. The van der Waals surface area contributed by atoms with Crippen LogP contribution < -0.4 is 0 Å². The van der Waals surface area contributed by atoms with Gasteiger partial charge in [0.25, 0.3) is 0 Å². The predicted molar refractivity (Wildman–Crippen MR) is 76.0 cm³/mol. The minimum atomic E-state index is 1.19. The Morgan fingerprint density at radius 2 is 1.44 bits per heavy atom. The molecule has 0 spiro atoms. The molecule has 1 aromatic rings. The van der Waals surface area contributed by atoms with Crippen LogP contribution in [0.15, 0.2) is 6.33 Å². The van der Waals surface area contributed by atoms with E-state index in [1.165, 1.54) is 75.6 Å². The third kappa shape index (κ3) is 3.47. The molecule has 0 saturated carbocycles. The number of aryl methyl sites for hydroxylation is 1. The molecule has 0 unspecified atom stereocenters. The molecule has 2 rings (SSSR count). The molecule has 0 radical (unpaired) electrons. The molecule has 0 aromatic carbocycles. The Hall–Kier alpha value is -0.0600. The molecule has 0 N–H and O–H groups in total. The van der Waals surface area contributed by atoms with Crippen molar-refractivity contribution in [3.8, 4) is 0 Å². The summed E-state index contributed by atoms with van der Waals surface area (Å²) in [5.74, 6) is 0. The average Bonchev–Trinajstić information content (AvgIpc) is 2.60. The second kappa shape index (κ2) is 6.62. The summed E-state index contributed by atoms with van der Waals surface area (Å²) < 4.78 is 2.19. The molecule has 1 aliphatic carbocycles. The molecule has 90 valence electrons. The van der Waals surface area contributed by atoms with E-state index in [-0.39, 0.29) is 0 Å². The number of rotatable bonds is 0. The van der Waals surface area contributed by atoms with Gasteiger partial charge in [0, 0.05) is 0 Å². The van der Waals surface area contributed by atoms with Gasteiger partial charge in [0.2, 0.25) is 0 Å². The van der Waals surface area contributed by atoms with Gasteiger partial charge in [0.05, 0.1) is 34.3 Å². The number of hydrogen-bond donors (Lipinski definition) is 0. The second-order valence-corrected chi connectivity index (χ2v) is 5.82. The maximum Gasteiger partial charge on any atom is 0.104 e. The van der Waals surface area contributed by atoms with Gasteiger partial charge in [-0.1, -0.05) is 38.5 Å². The average molecular weight is 332 g/mol. The van der Waals surface area contributed by atoms with Gasteiger partial charge in [0.1, 0.15) is 6.33 Å². The number of halogens is 1. The highest BCUT2D eigenvalue weighted by Gasteiger charge is 2.09. The number of hydrogen-bond acceptors (Lipinski definition) is 1. The first-order valence-corrected chi connectivity index (χ1v) is 7.55. The lowest BCUT2D eigenvalue weighted by Crippen LogP contribution is -1.98. The largest absolute Gasteiger partial charge is 0.275 e. The van der Waals surface area contributed by atoms with Crippen molar-refractivity contribution in [3.05, 3.63) is 17.7 Å². The number of aromatic nitrogens is 2. The van der Waals surface area contributed by atoms with Crippen molar-refractivity contribution >= 4 is 22.9 Å². The van der Waals surface area contributed by atoms with Crippen molar-refractivity contribution in [2.24, 2.45) is 0 Å². The Balaban J connectivity index is 2.00. The monoisotopic (exact) mass is 332 g/mol. The molecule has 0 aliphatic heterocycles. The fourth-order valence-electron chi connectivity index (χ4n) is 2.49. The van der Waals surface area contributed by atoms with Crippen molar-refractivity contribution < 1.29 is 0 Å². The summed E-state index contributed by atoms with van der Waals surface area (Å²) in [7, 11) is 0. The van der Waals surface area contributed by atoms with E-state index in [0.29, 0.717) is 0 Å². The molecule has 1 heterocycles. The molecule has 1 aromatic heterocycles. The van der Waals surface area contributed by atoms with Crippen LogP contribution in [0.4, 0.5) is 0 Å². The molecule has 3 heteroatoms. The second-order valence-electron chi connectivity index (χ2n) is 4.78. The topological polar surface area (TPSA) is 17.8 Å². The maximum atomic E-state index is 4.54. The molecule has 0 saturated heterocycles. The first-order chi connectivity index (χ1) is 7.88. The van der Waals surface area contributed by atoms with E-state index in [4.69, 9.17) is 0 Å². The predicted octanol–water partition coefficient (Wildman–Crippen LogP) is 4.30. The molecule has 0 fully saturated rings. The van der Waals surface area contributed by atoms with Gasteiger partial charge in [-0.25, -0.2) is 4.98 Å². The summed E-state index contributed by atoms with van der Waals surface area (Å²) in [5, 5.41) is 0. The number of imidazole rings is 1. The summed E-state index contributed by atoms with van der Waals surface area (Å²) in [4.78, 5) is 4.54. The van der Waals surface area contributed by atoms with E-state index in [0.717, 1.165) is 0 Å². The van der Waals surface area contributed by atoms with E-state index < -0.39 is 0 Å². The van der Waals surface area contributed by atoms with Crippen LogP contribution in [0.2, 0.25) is 0 Å². The van der Waals surface area contributed by atoms with Gasteiger partial charge in [-0.3, -0.25) is 2.78 Å². The standard InChI is InChI=1S/C13H21IN2/c14-16-11-15-12-9-7-5-3-1-2-4-6-8-10-13(12)16/h11H,1-10H2. The molecule has 1 aliphatic rings. The molecule has 2 nitrogen and oxygen atoms in total. The van der Waals surface area contributed by atoms with E-state index >= 15 is 0 Å². The first-order valence-electron chi connectivity index (χ1n) is 6.59. The minimum Gasteiger partial charge on any atom is -0.275 e. The van der Waals surface area contributed by atoms with Crippen LogP contribution in [0.3, 0.4) is 0 Å². The SMILES string of the molecule is In1cnc2c1CCCCCCCCCC2.